The first-order chi connectivity index (χ1) is 3.33. The SMILES string of the molecule is FCCF.FCCl. The van der Waals surface area contributed by atoms with E-state index in [9.17, 15) is 13.2 Å². The predicted octanol–water partition coefficient (Wildman–Crippen LogP) is 2.08. The van der Waals surface area contributed by atoms with Crippen LogP contribution in [-0.2, 0) is 0 Å². The summed E-state index contributed by atoms with van der Waals surface area (Å²) in [5.41, 5.74) is 0. The second kappa shape index (κ2) is 16.5. The van der Waals surface area contributed by atoms with Gasteiger partial charge >= 0.3 is 0 Å². The topological polar surface area (TPSA) is 0 Å². The first kappa shape index (κ1) is 10.1. The summed E-state index contributed by atoms with van der Waals surface area (Å²) in [7, 11) is 0. The minimum Gasteiger partial charge on any atom is -0.248 e. The fraction of sp³-hybridized carbons (Fsp3) is 1.00. The Morgan fingerprint density at radius 2 is 1.14 bits per heavy atom. The molecule has 7 heavy (non-hydrogen) atoms. The Hall–Kier alpha value is 0.0800. The zero-order chi connectivity index (χ0) is 6.12. The van der Waals surface area contributed by atoms with Crippen LogP contribution >= 0.6 is 11.6 Å². The minimum absolute atomic E-state index is 0.778. The van der Waals surface area contributed by atoms with Crippen molar-refractivity contribution < 1.29 is 13.2 Å². The van der Waals surface area contributed by atoms with Gasteiger partial charge in [0.15, 0.2) is 6.13 Å². The van der Waals surface area contributed by atoms with Gasteiger partial charge in [0.2, 0.25) is 0 Å². The second-order valence-electron chi connectivity index (χ2n) is 0.479. The van der Waals surface area contributed by atoms with Gasteiger partial charge in [-0.25, -0.2) is 13.2 Å². The molecule has 0 nitrogen and oxygen atoms in total. The minimum atomic E-state index is -0.847. The first-order valence-corrected chi connectivity index (χ1v) is 2.10. The zero-order valence-corrected chi connectivity index (χ0v) is 4.39. The van der Waals surface area contributed by atoms with Crippen LogP contribution in [0, 0.1) is 0 Å². The van der Waals surface area contributed by atoms with E-state index in [-0.39, 0.29) is 0 Å². The highest BCUT2D eigenvalue weighted by molar-refractivity contribution is 6.16. The van der Waals surface area contributed by atoms with Crippen LogP contribution < -0.4 is 0 Å². The van der Waals surface area contributed by atoms with E-state index in [1.54, 1.807) is 0 Å². The third kappa shape index (κ3) is 86.8. The molecule has 0 fully saturated rings. The monoisotopic (exact) mass is 134 g/mol. The molecule has 46 valence electrons. The highest BCUT2D eigenvalue weighted by Gasteiger charge is 1.65. The summed E-state index contributed by atoms with van der Waals surface area (Å²) in [5, 5.41) is 0. The maximum Gasteiger partial charge on any atom is 0.163 e. The van der Waals surface area contributed by atoms with E-state index in [1.165, 1.54) is 0 Å². The molecule has 0 saturated heterocycles. The van der Waals surface area contributed by atoms with E-state index in [1.807, 2.05) is 0 Å². The lowest BCUT2D eigenvalue weighted by atomic mass is 10.9. The lowest BCUT2D eigenvalue weighted by molar-refractivity contribution is 0.380. The van der Waals surface area contributed by atoms with E-state index >= 15 is 0 Å². The van der Waals surface area contributed by atoms with Gasteiger partial charge in [0, 0.05) is 0 Å². The van der Waals surface area contributed by atoms with Crippen molar-refractivity contribution in [2.24, 2.45) is 0 Å². The largest absolute Gasteiger partial charge is 0.248 e. The quantitative estimate of drug-likeness (QED) is 0.482. The normalized spacial score (nSPS) is 6.86. The Balaban J connectivity index is 0. The van der Waals surface area contributed by atoms with Crippen molar-refractivity contribution in [1.82, 2.24) is 0 Å². The molecule has 0 aromatic heterocycles. The van der Waals surface area contributed by atoms with Crippen molar-refractivity contribution in [2.45, 2.75) is 0 Å². The molecule has 0 bridgehead atoms. The summed E-state index contributed by atoms with van der Waals surface area (Å²) in [6, 6.07) is 0. The molecule has 0 spiro atoms. The number of halogens is 4. The summed E-state index contributed by atoms with van der Waals surface area (Å²) >= 11 is 4.33. The van der Waals surface area contributed by atoms with Crippen LogP contribution in [0.1, 0.15) is 0 Å². The van der Waals surface area contributed by atoms with Gasteiger partial charge in [-0.1, -0.05) is 11.6 Å². The maximum absolute atomic E-state index is 10.3. The molecule has 0 saturated carbocycles. The van der Waals surface area contributed by atoms with E-state index in [4.69, 9.17) is 0 Å². The van der Waals surface area contributed by atoms with Gasteiger partial charge < -0.3 is 0 Å². The van der Waals surface area contributed by atoms with E-state index in [0.29, 0.717) is 0 Å². The van der Waals surface area contributed by atoms with Crippen molar-refractivity contribution in [1.29, 1.82) is 0 Å². The third-order valence-electron chi connectivity index (χ3n) is 0.0714. The molecule has 0 aliphatic rings. The van der Waals surface area contributed by atoms with Crippen molar-refractivity contribution in [2.75, 3.05) is 19.5 Å². The summed E-state index contributed by atoms with van der Waals surface area (Å²) in [6.45, 7) is -1.69. The van der Waals surface area contributed by atoms with Gasteiger partial charge in [-0.05, 0) is 0 Å². The Bertz CT molecular complexity index is 17.7. The molecule has 0 radical (unpaired) electrons. The third-order valence-corrected chi connectivity index (χ3v) is 0.0714. The molecule has 0 aliphatic heterocycles. The van der Waals surface area contributed by atoms with Gasteiger partial charge in [0.1, 0.15) is 13.3 Å². The summed E-state index contributed by atoms with van der Waals surface area (Å²) < 4.78 is 30.8. The summed E-state index contributed by atoms with van der Waals surface area (Å²) in [6.07, 6.45) is -0.778. The van der Waals surface area contributed by atoms with Gasteiger partial charge in [0.05, 0.1) is 0 Å². The van der Waals surface area contributed by atoms with Crippen LogP contribution in [0.4, 0.5) is 13.2 Å². The van der Waals surface area contributed by atoms with Crippen LogP contribution in [0.15, 0.2) is 0 Å². The van der Waals surface area contributed by atoms with E-state index in [0.717, 1.165) is 0 Å². The highest BCUT2D eigenvalue weighted by Crippen LogP contribution is 1.65. The Morgan fingerprint density at radius 1 is 1.00 bits per heavy atom. The van der Waals surface area contributed by atoms with Crippen LogP contribution in [-0.4, -0.2) is 19.5 Å². The number of rotatable bonds is 1. The average molecular weight is 135 g/mol. The molecule has 0 atom stereocenters. The average Bonchev–Trinajstić information content (AvgIpc) is 1.69. The summed E-state index contributed by atoms with van der Waals surface area (Å²) in [5.74, 6) is 0. The fourth-order valence-corrected chi connectivity index (χ4v) is 0. The van der Waals surface area contributed by atoms with Gasteiger partial charge in [0.25, 0.3) is 0 Å². The van der Waals surface area contributed by atoms with Gasteiger partial charge in [-0.3, -0.25) is 0 Å². The van der Waals surface area contributed by atoms with Crippen molar-refractivity contribution in [3.8, 4) is 0 Å². The summed E-state index contributed by atoms with van der Waals surface area (Å²) in [4.78, 5) is 0. The lowest BCUT2D eigenvalue weighted by Crippen LogP contribution is -1.68. The van der Waals surface area contributed by atoms with Crippen LogP contribution in [0.25, 0.3) is 0 Å². The molecule has 0 amide bonds. The van der Waals surface area contributed by atoms with Crippen LogP contribution in [0.3, 0.4) is 0 Å². The van der Waals surface area contributed by atoms with Crippen molar-refractivity contribution in [3.05, 3.63) is 0 Å². The number of hydrogen-bond acceptors (Lipinski definition) is 0. The smallest absolute Gasteiger partial charge is 0.163 e. The molecule has 0 N–H and O–H groups in total. The molecular formula is C3H6ClF3. The van der Waals surface area contributed by atoms with Crippen LogP contribution in [0.2, 0.25) is 0 Å². The maximum atomic E-state index is 10.3. The molecule has 0 rings (SSSR count). The Labute approximate surface area is 45.3 Å². The zero-order valence-electron chi connectivity index (χ0n) is 3.63. The second-order valence-corrected chi connectivity index (χ2v) is 0.681. The highest BCUT2D eigenvalue weighted by atomic mass is 35.5. The molecular weight excluding hydrogens is 128 g/mol. The molecule has 0 aromatic rings. The Kier molecular flexibility index (Phi) is 24.0. The van der Waals surface area contributed by atoms with E-state index in [2.05, 4.69) is 11.6 Å². The number of hydrogen-bond donors (Lipinski definition) is 0. The lowest BCUT2D eigenvalue weighted by Gasteiger charge is -1.61. The van der Waals surface area contributed by atoms with Crippen molar-refractivity contribution in [3.63, 3.8) is 0 Å². The van der Waals surface area contributed by atoms with Crippen molar-refractivity contribution >= 4 is 11.6 Å². The first-order valence-electron chi connectivity index (χ1n) is 1.57. The molecule has 0 unspecified atom stereocenters. The number of alkyl halides is 4. The van der Waals surface area contributed by atoms with Gasteiger partial charge in [-0.15, -0.1) is 0 Å². The van der Waals surface area contributed by atoms with E-state index < -0.39 is 19.5 Å². The molecule has 0 aromatic carbocycles. The van der Waals surface area contributed by atoms with Gasteiger partial charge in [-0.2, -0.15) is 0 Å². The predicted molar refractivity (Wildman–Crippen MR) is 23.8 cm³/mol. The Morgan fingerprint density at radius 3 is 1.14 bits per heavy atom. The van der Waals surface area contributed by atoms with Crippen LogP contribution in [0.5, 0.6) is 0 Å². The standard InChI is InChI=1S/C2H4F2.CH2ClF/c3-1-2-4;2-1-3/h1-2H2;1H2. The molecule has 0 heterocycles. The fourth-order valence-electron chi connectivity index (χ4n) is 0. The molecule has 4 heteroatoms. The molecule has 0 aliphatic carbocycles.